The standard InChI is InChI=1S/C4H10O3.CH3O4Si/c5-1-3-7-4-2-6;1-4-5-6(2)3/h5-6H,1-4H2;1H3/q;-1. The van der Waals surface area contributed by atoms with Crippen molar-refractivity contribution < 1.29 is 33.7 Å². The molecular weight excluding hydrogens is 200 g/mol. The smallest absolute Gasteiger partial charge is 0.440 e. The average molecular weight is 213 g/mol. The van der Waals surface area contributed by atoms with Gasteiger partial charge in [-0.3, -0.25) is 4.89 Å². The van der Waals surface area contributed by atoms with Gasteiger partial charge in [-0.25, -0.2) is 0 Å². The summed E-state index contributed by atoms with van der Waals surface area (Å²) in [6, 6.07) is 0. The lowest BCUT2D eigenvalue weighted by molar-refractivity contribution is -0.302. The van der Waals surface area contributed by atoms with Crippen LogP contribution in [0.2, 0.25) is 0 Å². The van der Waals surface area contributed by atoms with Gasteiger partial charge in [0.15, 0.2) is 0 Å². The lowest BCUT2D eigenvalue weighted by atomic mass is 10.7. The van der Waals surface area contributed by atoms with Crippen molar-refractivity contribution in [2.24, 2.45) is 0 Å². The van der Waals surface area contributed by atoms with Gasteiger partial charge in [-0.05, 0) is 0 Å². The molecule has 0 amide bonds. The zero-order valence-corrected chi connectivity index (χ0v) is 8.26. The number of hydrogen-bond donors (Lipinski definition) is 2. The van der Waals surface area contributed by atoms with Crippen LogP contribution in [0.4, 0.5) is 0 Å². The topological polar surface area (TPSA) is 108 Å². The van der Waals surface area contributed by atoms with Crippen LogP contribution in [0.15, 0.2) is 0 Å². The van der Waals surface area contributed by atoms with Crippen LogP contribution in [0.1, 0.15) is 0 Å². The second-order valence-electron chi connectivity index (χ2n) is 1.56. The van der Waals surface area contributed by atoms with E-state index in [2.05, 4.69) is 14.2 Å². The molecule has 0 aromatic carbocycles. The molecule has 0 aliphatic rings. The van der Waals surface area contributed by atoms with Crippen LogP contribution in [-0.4, -0.2) is 52.9 Å². The molecule has 0 radical (unpaired) electrons. The summed E-state index contributed by atoms with van der Waals surface area (Å²) >= 11 is 0. The van der Waals surface area contributed by atoms with E-state index in [1.165, 1.54) is 0 Å². The van der Waals surface area contributed by atoms with E-state index < -0.39 is 9.17 Å². The lowest BCUT2D eigenvalue weighted by Crippen LogP contribution is -2.22. The maximum Gasteiger partial charge on any atom is 0.440 e. The molecule has 0 aliphatic carbocycles. The van der Waals surface area contributed by atoms with Crippen LogP contribution < -0.4 is 4.80 Å². The molecule has 0 atom stereocenters. The van der Waals surface area contributed by atoms with E-state index in [0.29, 0.717) is 13.2 Å². The van der Waals surface area contributed by atoms with E-state index in [-0.39, 0.29) is 13.2 Å². The van der Waals surface area contributed by atoms with Gasteiger partial charge in [-0.15, -0.1) is 0 Å². The fourth-order valence-corrected chi connectivity index (χ4v) is 0.435. The van der Waals surface area contributed by atoms with Crippen molar-refractivity contribution in [3.8, 4) is 0 Å². The summed E-state index contributed by atoms with van der Waals surface area (Å²) in [5, 5.41) is 16.2. The van der Waals surface area contributed by atoms with Gasteiger partial charge in [0.1, 0.15) is 0 Å². The molecule has 80 valence electrons. The monoisotopic (exact) mass is 213 g/mol. The fourth-order valence-electron chi connectivity index (χ4n) is 0.299. The van der Waals surface area contributed by atoms with Crippen LogP contribution in [0.25, 0.3) is 0 Å². The SMILES string of the molecule is COO[Si](=O)[O-].OCCOCCO. The molecular formula is C5H13O7Si-. The van der Waals surface area contributed by atoms with Crippen molar-refractivity contribution in [2.45, 2.75) is 0 Å². The van der Waals surface area contributed by atoms with E-state index in [4.69, 9.17) is 10.2 Å². The van der Waals surface area contributed by atoms with Gasteiger partial charge >= 0.3 is 9.17 Å². The molecule has 0 aromatic heterocycles. The summed E-state index contributed by atoms with van der Waals surface area (Å²) in [5.41, 5.74) is 0. The van der Waals surface area contributed by atoms with Gasteiger partial charge in [0, 0.05) is 0 Å². The Balaban J connectivity index is 0. The predicted octanol–water partition coefficient (Wildman–Crippen LogP) is -2.67. The number of rotatable bonds is 6. The van der Waals surface area contributed by atoms with Crippen LogP contribution in [0.3, 0.4) is 0 Å². The van der Waals surface area contributed by atoms with Crippen molar-refractivity contribution in [3.63, 3.8) is 0 Å². The summed E-state index contributed by atoms with van der Waals surface area (Å²) < 4.78 is 17.5. The molecule has 0 aliphatic heterocycles. The highest BCUT2D eigenvalue weighted by Crippen LogP contribution is 1.68. The Labute approximate surface area is 77.3 Å². The van der Waals surface area contributed by atoms with Gasteiger partial charge < -0.3 is 28.8 Å². The third-order valence-corrected chi connectivity index (χ3v) is 0.925. The molecule has 0 rings (SSSR count). The quantitative estimate of drug-likeness (QED) is 0.214. The van der Waals surface area contributed by atoms with Crippen molar-refractivity contribution in [1.29, 1.82) is 0 Å². The van der Waals surface area contributed by atoms with Gasteiger partial charge in [0.25, 0.3) is 0 Å². The van der Waals surface area contributed by atoms with Gasteiger partial charge in [-0.2, -0.15) is 0 Å². The van der Waals surface area contributed by atoms with E-state index >= 15 is 0 Å². The predicted molar refractivity (Wildman–Crippen MR) is 39.5 cm³/mol. The number of ether oxygens (including phenoxy) is 1. The van der Waals surface area contributed by atoms with E-state index in [1.807, 2.05) is 0 Å². The van der Waals surface area contributed by atoms with Crippen LogP contribution in [0.5, 0.6) is 0 Å². The largest absolute Gasteiger partial charge is 0.478 e. The summed E-state index contributed by atoms with van der Waals surface area (Å²) in [6.45, 7) is 0.696. The third kappa shape index (κ3) is 24.6. The number of aliphatic hydroxyl groups is 2. The Hall–Kier alpha value is -0.543. The zero-order chi connectivity index (χ0) is 10.5. The van der Waals surface area contributed by atoms with Crippen LogP contribution in [-0.2, 0) is 18.7 Å². The van der Waals surface area contributed by atoms with Crippen LogP contribution >= 0.6 is 0 Å². The molecule has 2 N–H and O–H groups in total. The highest BCUT2D eigenvalue weighted by molar-refractivity contribution is 6.21. The Kier molecular flexibility index (Phi) is 16.1. The Morgan fingerprint density at radius 3 is 1.92 bits per heavy atom. The van der Waals surface area contributed by atoms with E-state index in [1.54, 1.807) is 0 Å². The van der Waals surface area contributed by atoms with Crippen molar-refractivity contribution in [2.75, 3.05) is 33.5 Å². The van der Waals surface area contributed by atoms with E-state index in [0.717, 1.165) is 7.11 Å². The first-order chi connectivity index (χ1) is 6.18. The molecule has 0 aromatic rings. The molecule has 0 saturated heterocycles. The number of aliphatic hydroxyl groups excluding tert-OH is 2. The average Bonchev–Trinajstić information content (AvgIpc) is 2.06. The molecule has 0 heterocycles. The summed E-state index contributed by atoms with van der Waals surface area (Å²) in [5.74, 6) is 0. The first-order valence-corrected chi connectivity index (χ1v) is 4.62. The van der Waals surface area contributed by atoms with Crippen molar-refractivity contribution >= 4 is 9.17 Å². The fraction of sp³-hybridized carbons (Fsp3) is 1.00. The van der Waals surface area contributed by atoms with Gasteiger partial charge in [0.2, 0.25) is 0 Å². The summed E-state index contributed by atoms with van der Waals surface area (Å²) in [6.07, 6.45) is 0. The second kappa shape index (κ2) is 14.0. The highest BCUT2D eigenvalue weighted by Gasteiger charge is 1.79. The molecule has 13 heavy (non-hydrogen) atoms. The maximum atomic E-state index is 9.33. The second-order valence-corrected chi connectivity index (χ2v) is 2.23. The minimum Gasteiger partial charge on any atom is -0.478 e. The maximum absolute atomic E-state index is 9.33. The number of hydrogen-bond acceptors (Lipinski definition) is 7. The Morgan fingerprint density at radius 2 is 1.77 bits per heavy atom. The first-order valence-electron chi connectivity index (χ1n) is 3.40. The molecule has 0 unspecified atom stereocenters. The van der Waals surface area contributed by atoms with E-state index in [9.17, 15) is 9.26 Å². The minimum atomic E-state index is -3.11. The Morgan fingerprint density at radius 1 is 1.31 bits per heavy atom. The van der Waals surface area contributed by atoms with Gasteiger partial charge in [-0.1, -0.05) is 0 Å². The Bertz CT molecular complexity index is 105. The zero-order valence-electron chi connectivity index (χ0n) is 7.26. The van der Waals surface area contributed by atoms with Crippen molar-refractivity contribution in [3.05, 3.63) is 0 Å². The summed E-state index contributed by atoms with van der Waals surface area (Å²) in [4.78, 5) is 13.0. The molecule has 0 bridgehead atoms. The van der Waals surface area contributed by atoms with Gasteiger partial charge in [0.05, 0.1) is 33.5 Å². The lowest BCUT2D eigenvalue weighted by Gasteiger charge is -1.98. The molecule has 0 spiro atoms. The molecule has 0 saturated carbocycles. The molecule has 0 fully saturated rings. The minimum absolute atomic E-state index is 0.0278. The molecule has 8 heteroatoms. The van der Waals surface area contributed by atoms with Crippen LogP contribution in [0, 0.1) is 0 Å². The third-order valence-electron chi connectivity index (χ3n) is 0.623. The summed E-state index contributed by atoms with van der Waals surface area (Å²) in [7, 11) is -1.98. The van der Waals surface area contributed by atoms with Crippen molar-refractivity contribution in [1.82, 2.24) is 0 Å². The normalized spacial score (nSPS) is 8.54. The highest BCUT2D eigenvalue weighted by atomic mass is 28.3. The molecule has 7 nitrogen and oxygen atoms in total. The first kappa shape index (κ1) is 15.0.